The van der Waals surface area contributed by atoms with E-state index in [0.717, 1.165) is 0 Å². The molecule has 0 spiro atoms. The molecule has 0 saturated carbocycles. The van der Waals surface area contributed by atoms with Crippen LogP contribution in [0.5, 0.6) is 0 Å². The van der Waals surface area contributed by atoms with Crippen LogP contribution in [0.3, 0.4) is 0 Å². The van der Waals surface area contributed by atoms with Gasteiger partial charge in [0.1, 0.15) is 0 Å². The molecule has 1 N–H and O–H groups in total. The van der Waals surface area contributed by atoms with Crippen LogP contribution in [0.1, 0.15) is 12.8 Å². The zero-order chi connectivity index (χ0) is 10.6. The van der Waals surface area contributed by atoms with Gasteiger partial charge in [-0.2, -0.15) is 0 Å². The summed E-state index contributed by atoms with van der Waals surface area (Å²) >= 11 is 0. The molecule has 1 heterocycles. The van der Waals surface area contributed by atoms with Crippen molar-refractivity contribution in [3.05, 3.63) is 33.1 Å². The Morgan fingerprint density at radius 1 is 1.21 bits per heavy atom. The van der Waals surface area contributed by atoms with Crippen LogP contribution in [-0.4, -0.2) is 20.8 Å². The number of nitrogens with zero attached hydrogens (tertiary/aromatic N) is 2. The van der Waals surface area contributed by atoms with Gasteiger partial charge < -0.3 is 14.2 Å². The quantitative estimate of drug-likeness (QED) is 0.515. The van der Waals surface area contributed by atoms with E-state index in [4.69, 9.17) is 5.11 Å². The molecule has 0 fully saturated rings. The molecule has 0 aliphatic heterocycles. The number of unbranched alkanes of at least 4 members (excludes halogenated alkanes) is 1. The second-order valence-corrected chi connectivity index (χ2v) is 3.14. The number of hydrogen-bond donors (Lipinski definition) is 1. The van der Waals surface area contributed by atoms with Gasteiger partial charge >= 0.3 is 11.1 Å². The van der Waals surface area contributed by atoms with E-state index < -0.39 is 11.1 Å². The average molecular weight is 198 g/mol. The van der Waals surface area contributed by atoms with E-state index in [0.29, 0.717) is 19.4 Å². The summed E-state index contributed by atoms with van der Waals surface area (Å²) in [6, 6.07) is 0. The van der Waals surface area contributed by atoms with E-state index in [1.165, 1.54) is 9.13 Å². The molecule has 1 aromatic rings. The summed E-state index contributed by atoms with van der Waals surface area (Å²) in [5, 5.41) is 8.56. The number of rotatable bonds is 4. The van der Waals surface area contributed by atoms with Crippen LogP contribution < -0.4 is 11.1 Å². The number of aromatic nitrogens is 2. The summed E-state index contributed by atoms with van der Waals surface area (Å²) < 4.78 is 2.63. The van der Waals surface area contributed by atoms with Crippen molar-refractivity contribution in [3.8, 4) is 0 Å². The van der Waals surface area contributed by atoms with Crippen molar-refractivity contribution >= 4 is 0 Å². The highest BCUT2D eigenvalue weighted by atomic mass is 16.3. The Bertz CT molecular complexity index is 405. The summed E-state index contributed by atoms with van der Waals surface area (Å²) in [5.41, 5.74) is -1.02. The third kappa shape index (κ3) is 2.32. The van der Waals surface area contributed by atoms with Crippen LogP contribution in [0.2, 0.25) is 0 Å². The van der Waals surface area contributed by atoms with E-state index in [-0.39, 0.29) is 6.61 Å². The molecule has 0 bridgehead atoms. The third-order valence-electron chi connectivity index (χ3n) is 2.04. The fourth-order valence-corrected chi connectivity index (χ4v) is 1.16. The van der Waals surface area contributed by atoms with Gasteiger partial charge in [0.15, 0.2) is 0 Å². The predicted octanol–water partition coefficient (Wildman–Crippen LogP) is -0.681. The standard InChI is InChI=1S/C9H14N2O3/c1-10-5-6-11(4-2-3-7-12)9(14)8(10)13/h5-6,12H,2-4,7H2,1H3. The Labute approximate surface area is 81.2 Å². The van der Waals surface area contributed by atoms with Crippen molar-refractivity contribution in [2.75, 3.05) is 6.61 Å². The predicted molar refractivity (Wildman–Crippen MR) is 52.3 cm³/mol. The van der Waals surface area contributed by atoms with E-state index in [9.17, 15) is 9.59 Å². The van der Waals surface area contributed by atoms with Gasteiger partial charge in [0.2, 0.25) is 0 Å². The second kappa shape index (κ2) is 4.76. The average Bonchev–Trinajstić information content (AvgIpc) is 2.18. The first-order valence-corrected chi connectivity index (χ1v) is 4.53. The van der Waals surface area contributed by atoms with Gasteiger partial charge in [-0.15, -0.1) is 0 Å². The maximum Gasteiger partial charge on any atom is 0.316 e. The van der Waals surface area contributed by atoms with E-state index in [1.807, 2.05) is 0 Å². The molecule has 78 valence electrons. The van der Waals surface area contributed by atoms with Gasteiger partial charge in [-0.1, -0.05) is 0 Å². The number of hydrogen-bond acceptors (Lipinski definition) is 3. The highest BCUT2D eigenvalue weighted by Gasteiger charge is 2.00. The molecular formula is C9H14N2O3. The molecule has 0 saturated heterocycles. The van der Waals surface area contributed by atoms with Crippen molar-refractivity contribution in [1.82, 2.24) is 9.13 Å². The van der Waals surface area contributed by atoms with Crippen LogP contribution >= 0.6 is 0 Å². The Kier molecular flexibility index (Phi) is 3.64. The highest BCUT2D eigenvalue weighted by molar-refractivity contribution is 4.84. The van der Waals surface area contributed by atoms with Gasteiger partial charge in [-0.05, 0) is 12.8 Å². The zero-order valence-corrected chi connectivity index (χ0v) is 8.14. The molecule has 5 nitrogen and oxygen atoms in total. The molecule has 0 unspecified atom stereocenters. The Hall–Kier alpha value is -1.36. The zero-order valence-electron chi connectivity index (χ0n) is 8.14. The summed E-state index contributed by atoms with van der Waals surface area (Å²) in [4.78, 5) is 22.6. The lowest BCUT2D eigenvalue weighted by Gasteiger charge is -2.04. The van der Waals surface area contributed by atoms with Crippen molar-refractivity contribution < 1.29 is 5.11 Å². The van der Waals surface area contributed by atoms with Crippen LogP contribution in [0.4, 0.5) is 0 Å². The minimum atomic E-state index is -0.517. The van der Waals surface area contributed by atoms with Crippen molar-refractivity contribution in [1.29, 1.82) is 0 Å². The summed E-state index contributed by atoms with van der Waals surface area (Å²) in [7, 11) is 1.54. The molecule has 0 amide bonds. The highest BCUT2D eigenvalue weighted by Crippen LogP contribution is 1.90. The maximum absolute atomic E-state index is 11.4. The normalized spacial score (nSPS) is 10.4. The van der Waals surface area contributed by atoms with Crippen LogP contribution in [0.25, 0.3) is 0 Å². The van der Waals surface area contributed by atoms with E-state index >= 15 is 0 Å². The molecule has 5 heteroatoms. The molecular weight excluding hydrogens is 184 g/mol. The molecule has 0 atom stereocenters. The van der Waals surface area contributed by atoms with Crippen LogP contribution in [0.15, 0.2) is 22.0 Å². The molecule has 1 aromatic heterocycles. The Morgan fingerprint density at radius 2 is 1.93 bits per heavy atom. The lowest BCUT2D eigenvalue weighted by molar-refractivity contribution is 0.281. The van der Waals surface area contributed by atoms with Crippen molar-refractivity contribution in [2.24, 2.45) is 7.05 Å². The summed E-state index contributed by atoms with van der Waals surface area (Å²) in [6.07, 6.45) is 4.48. The molecule has 0 aliphatic rings. The monoisotopic (exact) mass is 198 g/mol. The van der Waals surface area contributed by atoms with Gasteiger partial charge in [-0.25, -0.2) is 0 Å². The van der Waals surface area contributed by atoms with Gasteiger partial charge in [0, 0.05) is 32.6 Å². The van der Waals surface area contributed by atoms with Crippen molar-refractivity contribution in [3.63, 3.8) is 0 Å². The van der Waals surface area contributed by atoms with E-state index in [1.54, 1.807) is 19.4 Å². The third-order valence-corrected chi connectivity index (χ3v) is 2.04. The first-order valence-electron chi connectivity index (χ1n) is 4.53. The molecule has 0 aliphatic carbocycles. The van der Waals surface area contributed by atoms with Crippen LogP contribution in [-0.2, 0) is 13.6 Å². The Morgan fingerprint density at radius 3 is 2.57 bits per heavy atom. The lowest BCUT2D eigenvalue weighted by atomic mass is 10.3. The fraction of sp³-hybridized carbons (Fsp3) is 0.556. The smallest absolute Gasteiger partial charge is 0.316 e. The fourth-order valence-electron chi connectivity index (χ4n) is 1.16. The second-order valence-electron chi connectivity index (χ2n) is 3.14. The van der Waals surface area contributed by atoms with Crippen molar-refractivity contribution in [2.45, 2.75) is 19.4 Å². The van der Waals surface area contributed by atoms with Gasteiger partial charge in [0.05, 0.1) is 0 Å². The molecule has 0 radical (unpaired) electrons. The maximum atomic E-state index is 11.4. The number of aliphatic hydroxyl groups is 1. The molecule has 1 rings (SSSR count). The van der Waals surface area contributed by atoms with E-state index in [2.05, 4.69) is 0 Å². The first-order chi connectivity index (χ1) is 6.66. The van der Waals surface area contributed by atoms with Crippen LogP contribution in [0, 0.1) is 0 Å². The minimum Gasteiger partial charge on any atom is -0.396 e. The first kappa shape index (κ1) is 10.7. The summed E-state index contributed by atoms with van der Waals surface area (Å²) in [6.45, 7) is 0.592. The lowest BCUT2D eigenvalue weighted by Crippen LogP contribution is -2.39. The number of aliphatic hydroxyl groups excluding tert-OH is 1. The topological polar surface area (TPSA) is 64.2 Å². The molecule has 0 aromatic carbocycles. The van der Waals surface area contributed by atoms with Gasteiger partial charge in [0.25, 0.3) is 0 Å². The molecule has 14 heavy (non-hydrogen) atoms. The summed E-state index contributed by atoms with van der Waals surface area (Å²) in [5.74, 6) is 0. The SMILES string of the molecule is Cn1ccn(CCCCO)c(=O)c1=O. The number of aryl methyl sites for hydroxylation is 2. The Balaban J connectivity index is 2.84. The minimum absolute atomic E-state index is 0.111. The largest absolute Gasteiger partial charge is 0.396 e. The van der Waals surface area contributed by atoms with Gasteiger partial charge in [-0.3, -0.25) is 9.59 Å².